The second-order valence-corrected chi connectivity index (χ2v) is 3.63. The number of amides is 1. The molecular weight excluding hydrogens is 232 g/mol. The number of halogens is 3. The predicted octanol–water partition coefficient (Wildman–Crippen LogP) is 2.76. The van der Waals surface area contributed by atoms with Gasteiger partial charge in [-0.2, -0.15) is 0 Å². The summed E-state index contributed by atoms with van der Waals surface area (Å²) in [7, 11) is 0. The highest BCUT2D eigenvalue weighted by atomic mass is 35.5. The molecule has 1 amide bonds. The Bertz CT molecular complexity index is 340. The molecule has 2 nitrogen and oxygen atoms in total. The molecule has 0 heterocycles. The van der Waals surface area contributed by atoms with E-state index in [4.69, 9.17) is 40.5 Å². The summed E-state index contributed by atoms with van der Waals surface area (Å²) in [6.07, 6.45) is 0. The number of alkyl halides is 1. The molecule has 0 saturated carbocycles. The first-order valence-corrected chi connectivity index (χ1v) is 4.60. The number of benzene rings is 1. The third kappa shape index (κ3) is 2.27. The van der Waals surface area contributed by atoms with E-state index in [0.717, 1.165) is 0 Å². The van der Waals surface area contributed by atoms with Crippen molar-refractivity contribution in [3.8, 4) is 0 Å². The van der Waals surface area contributed by atoms with Crippen molar-refractivity contribution in [1.82, 2.24) is 0 Å². The van der Waals surface area contributed by atoms with E-state index >= 15 is 0 Å². The molecule has 13 heavy (non-hydrogen) atoms. The summed E-state index contributed by atoms with van der Waals surface area (Å²) in [6.45, 7) is 0. The molecule has 0 radical (unpaired) electrons. The molecule has 0 aromatic heterocycles. The van der Waals surface area contributed by atoms with Crippen molar-refractivity contribution in [3.63, 3.8) is 0 Å². The predicted molar refractivity (Wildman–Crippen MR) is 54.3 cm³/mol. The Balaban J connectivity index is 3.15. The van der Waals surface area contributed by atoms with Crippen LogP contribution in [0.15, 0.2) is 18.2 Å². The summed E-state index contributed by atoms with van der Waals surface area (Å²) in [4.78, 5) is 10.8. The van der Waals surface area contributed by atoms with Gasteiger partial charge in [-0.1, -0.05) is 35.3 Å². The highest BCUT2D eigenvalue weighted by Gasteiger charge is 2.18. The van der Waals surface area contributed by atoms with E-state index in [1.165, 1.54) is 0 Å². The van der Waals surface area contributed by atoms with Gasteiger partial charge in [0.05, 0.1) is 10.0 Å². The molecule has 0 spiro atoms. The van der Waals surface area contributed by atoms with E-state index in [9.17, 15) is 4.79 Å². The molecular formula is C8H6Cl3NO. The van der Waals surface area contributed by atoms with Gasteiger partial charge < -0.3 is 5.73 Å². The van der Waals surface area contributed by atoms with Gasteiger partial charge in [0, 0.05) is 0 Å². The first-order chi connectivity index (χ1) is 6.04. The summed E-state index contributed by atoms with van der Waals surface area (Å²) in [6, 6.07) is 4.87. The molecule has 0 aliphatic heterocycles. The lowest BCUT2D eigenvalue weighted by atomic mass is 10.1. The summed E-state index contributed by atoms with van der Waals surface area (Å²) in [5.41, 5.74) is 5.45. The molecule has 5 heteroatoms. The van der Waals surface area contributed by atoms with Gasteiger partial charge in [-0.15, -0.1) is 11.6 Å². The van der Waals surface area contributed by atoms with E-state index < -0.39 is 11.3 Å². The van der Waals surface area contributed by atoms with Crippen LogP contribution in [0.2, 0.25) is 10.0 Å². The summed E-state index contributed by atoms with van der Waals surface area (Å²) in [5.74, 6) is -0.647. The number of carbonyl (C=O) groups excluding carboxylic acids is 1. The monoisotopic (exact) mass is 237 g/mol. The van der Waals surface area contributed by atoms with Crippen molar-refractivity contribution in [2.75, 3.05) is 0 Å². The number of hydrogen-bond acceptors (Lipinski definition) is 1. The normalized spacial score (nSPS) is 12.5. The molecule has 0 bridgehead atoms. The van der Waals surface area contributed by atoms with Crippen molar-refractivity contribution < 1.29 is 4.79 Å². The van der Waals surface area contributed by atoms with Gasteiger partial charge in [-0.25, -0.2) is 0 Å². The second kappa shape index (κ2) is 4.18. The van der Waals surface area contributed by atoms with Crippen LogP contribution in [0.3, 0.4) is 0 Å². The van der Waals surface area contributed by atoms with Crippen LogP contribution in [-0.2, 0) is 4.79 Å². The summed E-state index contributed by atoms with van der Waals surface area (Å²) < 4.78 is 0. The van der Waals surface area contributed by atoms with Crippen LogP contribution < -0.4 is 5.73 Å². The highest BCUT2D eigenvalue weighted by molar-refractivity contribution is 6.43. The van der Waals surface area contributed by atoms with Gasteiger partial charge >= 0.3 is 0 Å². The van der Waals surface area contributed by atoms with Crippen LogP contribution in [0, 0.1) is 0 Å². The molecule has 0 saturated heterocycles. The van der Waals surface area contributed by atoms with Gasteiger partial charge in [-0.3, -0.25) is 4.79 Å². The molecule has 1 aromatic rings. The fourth-order valence-electron chi connectivity index (χ4n) is 0.869. The minimum atomic E-state index is -0.939. The van der Waals surface area contributed by atoms with Crippen molar-refractivity contribution in [3.05, 3.63) is 33.8 Å². The lowest BCUT2D eigenvalue weighted by Crippen LogP contribution is -2.17. The first kappa shape index (κ1) is 10.6. The van der Waals surface area contributed by atoms with Gasteiger partial charge in [0.25, 0.3) is 0 Å². The third-order valence-corrected chi connectivity index (χ3v) is 2.79. The van der Waals surface area contributed by atoms with Crippen LogP contribution in [0.5, 0.6) is 0 Å². The van der Waals surface area contributed by atoms with Crippen molar-refractivity contribution in [1.29, 1.82) is 0 Å². The average Bonchev–Trinajstić information content (AvgIpc) is 2.08. The van der Waals surface area contributed by atoms with Crippen molar-refractivity contribution >= 4 is 40.7 Å². The number of nitrogens with two attached hydrogens (primary N) is 1. The van der Waals surface area contributed by atoms with Crippen LogP contribution in [-0.4, -0.2) is 5.91 Å². The maximum atomic E-state index is 10.8. The van der Waals surface area contributed by atoms with E-state index in [1.807, 2.05) is 0 Å². The van der Waals surface area contributed by atoms with Crippen LogP contribution >= 0.6 is 34.8 Å². The van der Waals surface area contributed by atoms with E-state index in [2.05, 4.69) is 0 Å². The molecule has 1 atom stereocenters. The standard InChI is InChI=1S/C8H6Cl3NO/c9-5-3-1-2-4(6(5)10)7(11)8(12)13/h1-3,7H,(H2,12,13). The summed E-state index contributed by atoms with van der Waals surface area (Å²) in [5, 5.41) is -0.319. The van der Waals surface area contributed by atoms with Gasteiger partial charge in [-0.05, 0) is 11.6 Å². The Labute approximate surface area is 90.6 Å². The summed E-state index contributed by atoms with van der Waals surface area (Å²) >= 11 is 17.2. The molecule has 1 unspecified atom stereocenters. The lowest BCUT2D eigenvalue weighted by molar-refractivity contribution is -0.117. The molecule has 1 aromatic carbocycles. The number of primary amides is 1. The topological polar surface area (TPSA) is 43.1 Å². The fraction of sp³-hybridized carbons (Fsp3) is 0.125. The Hall–Kier alpha value is -0.440. The highest BCUT2D eigenvalue weighted by Crippen LogP contribution is 2.32. The largest absolute Gasteiger partial charge is 0.368 e. The smallest absolute Gasteiger partial charge is 0.240 e. The van der Waals surface area contributed by atoms with Gasteiger partial charge in [0.15, 0.2) is 0 Å². The quantitative estimate of drug-likeness (QED) is 0.791. The minimum Gasteiger partial charge on any atom is -0.368 e. The third-order valence-electron chi connectivity index (χ3n) is 1.50. The average molecular weight is 239 g/mol. The fourth-order valence-corrected chi connectivity index (χ4v) is 1.52. The molecule has 0 aliphatic rings. The number of rotatable bonds is 2. The SMILES string of the molecule is NC(=O)C(Cl)c1cccc(Cl)c1Cl. The lowest BCUT2D eigenvalue weighted by Gasteiger charge is -2.08. The molecule has 70 valence electrons. The first-order valence-electron chi connectivity index (χ1n) is 3.41. The zero-order valence-corrected chi connectivity index (χ0v) is 8.70. The van der Waals surface area contributed by atoms with Crippen molar-refractivity contribution in [2.45, 2.75) is 5.38 Å². The van der Waals surface area contributed by atoms with Gasteiger partial charge in [0.1, 0.15) is 5.38 Å². The molecule has 1 rings (SSSR count). The molecule has 0 fully saturated rings. The Morgan fingerprint density at radius 1 is 1.38 bits per heavy atom. The maximum absolute atomic E-state index is 10.8. The van der Waals surface area contributed by atoms with Gasteiger partial charge in [0.2, 0.25) is 5.91 Å². The van der Waals surface area contributed by atoms with Crippen molar-refractivity contribution in [2.24, 2.45) is 5.73 Å². The number of hydrogen-bond donors (Lipinski definition) is 1. The van der Waals surface area contributed by atoms with E-state index in [0.29, 0.717) is 10.6 Å². The zero-order chi connectivity index (χ0) is 10.0. The maximum Gasteiger partial charge on any atom is 0.240 e. The zero-order valence-electron chi connectivity index (χ0n) is 6.43. The Morgan fingerprint density at radius 3 is 2.54 bits per heavy atom. The number of carbonyl (C=O) groups is 1. The Morgan fingerprint density at radius 2 is 2.00 bits per heavy atom. The second-order valence-electron chi connectivity index (χ2n) is 2.41. The van der Waals surface area contributed by atoms with Crippen LogP contribution in [0.25, 0.3) is 0 Å². The Kier molecular flexibility index (Phi) is 3.42. The van der Waals surface area contributed by atoms with Crippen LogP contribution in [0.4, 0.5) is 0 Å². The van der Waals surface area contributed by atoms with E-state index in [-0.39, 0.29) is 5.02 Å². The minimum absolute atomic E-state index is 0.267. The van der Waals surface area contributed by atoms with Crippen LogP contribution in [0.1, 0.15) is 10.9 Å². The molecule has 2 N–H and O–H groups in total. The van der Waals surface area contributed by atoms with E-state index in [1.54, 1.807) is 18.2 Å². The molecule has 0 aliphatic carbocycles.